The van der Waals surface area contributed by atoms with Crippen molar-refractivity contribution in [2.45, 2.75) is 11.1 Å². The zero-order chi connectivity index (χ0) is 22.2. The van der Waals surface area contributed by atoms with Crippen molar-refractivity contribution in [3.8, 4) is 22.8 Å². The number of hydrogen-bond acceptors (Lipinski definition) is 4. The lowest BCUT2D eigenvalue weighted by Crippen LogP contribution is -2.18. The van der Waals surface area contributed by atoms with Gasteiger partial charge in [0.1, 0.15) is 17.2 Å². The van der Waals surface area contributed by atoms with Crippen LogP contribution in [0.2, 0.25) is 0 Å². The van der Waals surface area contributed by atoms with Crippen molar-refractivity contribution >= 4 is 20.9 Å². The van der Waals surface area contributed by atoms with Gasteiger partial charge in [-0.05, 0) is 55.6 Å². The fraction of sp³-hybridized carbons (Fsp3) is 0.0952. The first-order valence-electron chi connectivity index (χ1n) is 9.05. The molecule has 6 nitrogen and oxygen atoms in total. The van der Waals surface area contributed by atoms with Crippen molar-refractivity contribution in [3.05, 3.63) is 72.3 Å². The molecule has 0 amide bonds. The Hall–Kier alpha value is -3.37. The number of rotatable bonds is 5. The average Bonchev–Trinajstić information content (AvgIpc) is 3.18. The lowest BCUT2D eigenvalue weighted by atomic mass is 10.1. The quantitative estimate of drug-likeness (QED) is 0.454. The molecule has 1 heterocycles. The summed E-state index contributed by atoms with van der Waals surface area (Å²) in [6.45, 7) is 0. The van der Waals surface area contributed by atoms with E-state index in [1.807, 2.05) is 24.3 Å². The van der Waals surface area contributed by atoms with Crippen LogP contribution in [0.25, 0.3) is 22.2 Å². The third-order valence-corrected chi connectivity index (χ3v) is 6.08. The summed E-state index contributed by atoms with van der Waals surface area (Å²) in [4.78, 5) is -0.00292. The van der Waals surface area contributed by atoms with Gasteiger partial charge in [-0.2, -0.15) is 18.3 Å². The number of hydrogen-bond donors (Lipinski definition) is 2. The largest absolute Gasteiger partial charge is 0.457 e. The molecule has 4 rings (SSSR count). The Morgan fingerprint density at radius 2 is 1.71 bits per heavy atom. The zero-order valence-corrected chi connectivity index (χ0v) is 16.9. The van der Waals surface area contributed by atoms with Gasteiger partial charge in [0.2, 0.25) is 10.0 Å². The summed E-state index contributed by atoms with van der Waals surface area (Å²) < 4.78 is 71.1. The summed E-state index contributed by atoms with van der Waals surface area (Å²) in [6, 6.07) is 15.7. The molecule has 0 atom stereocenters. The van der Waals surface area contributed by atoms with Crippen LogP contribution in [-0.2, 0) is 16.2 Å². The van der Waals surface area contributed by atoms with Gasteiger partial charge < -0.3 is 4.74 Å². The number of aromatic amines is 1. The van der Waals surface area contributed by atoms with E-state index in [0.29, 0.717) is 11.3 Å². The van der Waals surface area contributed by atoms with Crippen LogP contribution in [0.3, 0.4) is 0 Å². The molecule has 10 heteroatoms. The topological polar surface area (TPSA) is 84.1 Å². The lowest BCUT2D eigenvalue weighted by Gasteiger charge is -2.13. The average molecular weight is 447 g/mol. The Labute approximate surface area is 175 Å². The Morgan fingerprint density at radius 3 is 2.39 bits per heavy atom. The first-order chi connectivity index (χ1) is 14.7. The van der Waals surface area contributed by atoms with Crippen LogP contribution in [0.15, 0.2) is 71.6 Å². The van der Waals surface area contributed by atoms with E-state index in [2.05, 4.69) is 14.9 Å². The summed E-state index contributed by atoms with van der Waals surface area (Å²) in [5.74, 6) is 0.408. The van der Waals surface area contributed by atoms with Crippen LogP contribution in [0.4, 0.5) is 13.2 Å². The van der Waals surface area contributed by atoms with Gasteiger partial charge in [-0.1, -0.05) is 18.2 Å². The van der Waals surface area contributed by atoms with Gasteiger partial charge in [0.05, 0.1) is 16.0 Å². The predicted molar refractivity (Wildman–Crippen MR) is 109 cm³/mol. The molecule has 0 saturated carbocycles. The zero-order valence-electron chi connectivity index (χ0n) is 16.1. The van der Waals surface area contributed by atoms with Gasteiger partial charge in [-0.25, -0.2) is 13.1 Å². The summed E-state index contributed by atoms with van der Waals surface area (Å²) in [7, 11) is -2.45. The highest BCUT2D eigenvalue weighted by Crippen LogP contribution is 2.38. The molecule has 0 aliphatic heterocycles. The maximum absolute atomic E-state index is 12.8. The Kier molecular flexibility index (Phi) is 5.19. The van der Waals surface area contributed by atoms with E-state index in [9.17, 15) is 21.6 Å². The summed E-state index contributed by atoms with van der Waals surface area (Å²) in [5, 5.41) is 7.91. The fourth-order valence-corrected chi connectivity index (χ4v) is 3.83. The van der Waals surface area contributed by atoms with Gasteiger partial charge in [0.15, 0.2) is 0 Å². The highest BCUT2D eigenvalue weighted by molar-refractivity contribution is 7.89. The molecule has 0 spiro atoms. The van der Waals surface area contributed by atoms with Gasteiger partial charge in [-0.15, -0.1) is 0 Å². The molecular weight excluding hydrogens is 431 g/mol. The lowest BCUT2D eigenvalue weighted by molar-refractivity contribution is -0.137. The summed E-state index contributed by atoms with van der Waals surface area (Å²) in [5.41, 5.74) is 0.757. The van der Waals surface area contributed by atoms with Gasteiger partial charge in [-0.3, -0.25) is 5.10 Å². The molecule has 0 unspecified atom stereocenters. The fourth-order valence-electron chi connectivity index (χ4n) is 3.08. The molecule has 0 aliphatic rings. The number of halogens is 3. The van der Waals surface area contributed by atoms with E-state index < -0.39 is 21.8 Å². The normalized spacial score (nSPS) is 12.3. The minimum Gasteiger partial charge on any atom is -0.457 e. The summed E-state index contributed by atoms with van der Waals surface area (Å²) >= 11 is 0. The second-order valence-electron chi connectivity index (χ2n) is 6.61. The minimum absolute atomic E-state index is 0.00292. The van der Waals surface area contributed by atoms with E-state index in [1.165, 1.54) is 37.4 Å². The number of nitrogens with one attached hydrogen (secondary N) is 2. The van der Waals surface area contributed by atoms with Crippen LogP contribution in [0, 0.1) is 0 Å². The van der Waals surface area contributed by atoms with Gasteiger partial charge in [0, 0.05) is 10.9 Å². The molecule has 0 aliphatic carbocycles. The van der Waals surface area contributed by atoms with Crippen LogP contribution >= 0.6 is 0 Å². The molecule has 160 valence electrons. The number of sulfonamides is 1. The second kappa shape index (κ2) is 7.71. The van der Waals surface area contributed by atoms with E-state index in [4.69, 9.17) is 4.74 Å². The Balaban J connectivity index is 1.82. The van der Waals surface area contributed by atoms with E-state index in [-0.39, 0.29) is 16.4 Å². The molecule has 31 heavy (non-hydrogen) atoms. The number of aromatic nitrogens is 2. The van der Waals surface area contributed by atoms with Crippen LogP contribution in [0.5, 0.6) is 11.5 Å². The van der Waals surface area contributed by atoms with Gasteiger partial charge >= 0.3 is 6.18 Å². The van der Waals surface area contributed by atoms with E-state index in [0.717, 1.165) is 23.0 Å². The Bertz CT molecular complexity index is 1350. The maximum atomic E-state index is 12.8. The number of ether oxygens (including phenoxy) is 1. The third-order valence-electron chi connectivity index (χ3n) is 4.66. The second-order valence-corrected chi connectivity index (χ2v) is 8.49. The Morgan fingerprint density at radius 1 is 1.00 bits per heavy atom. The molecule has 0 bridgehead atoms. The van der Waals surface area contributed by atoms with Crippen molar-refractivity contribution in [2.75, 3.05) is 7.05 Å². The highest BCUT2D eigenvalue weighted by Gasteiger charge is 2.30. The number of alkyl halides is 3. The summed E-state index contributed by atoms with van der Waals surface area (Å²) in [6.07, 6.45) is -4.46. The smallest absolute Gasteiger partial charge is 0.416 e. The highest BCUT2D eigenvalue weighted by atomic mass is 32.2. The van der Waals surface area contributed by atoms with E-state index in [1.54, 1.807) is 0 Å². The van der Waals surface area contributed by atoms with Gasteiger partial charge in [0.25, 0.3) is 0 Å². The maximum Gasteiger partial charge on any atom is 0.416 e. The van der Waals surface area contributed by atoms with Crippen molar-refractivity contribution in [1.29, 1.82) is 0 Å². The first kappa shape index (κ1) is 20.9. The number of nitrogens with zero attached hydrogens (tertiary/aromatic N) is 1. The first-order valence-corrected chi connectivity index (χ1v) is 10.5. The number of fused-ring (bicyclic) bond motifs is 1. The van der Waals surface area contributed by atoms with Crippen LogP contribution in [-0.4, -0.2) is 25.7 Å². The molecule has 0 fully saturated rings. The molecule has 1 aromatic heterocycles. The van der Waals surface area contributed by atoms with Crippen molar-refractivity contribution in [3.63, 3.8) is 0 Å². The number of para-hydroxylation sites is 1. The van der Waals surface area contributed by atoms with Crippen molar-refractivity contribution < 1.29 is 26.3 Å². The molecule has 3 aromatic carbocycles. The number of H-pyrrole nitrogens is 1. The van der Waals surface area contributed by atoms with Crippen molar-refractivity contribution in [1.82, 2.24) is 14.9 Å². The molecule has 0 radical (unpaired) electrons. The molecule has 4 aromatic rings. The number of benzene rings is 3. The standard InChI is InChI=1S/C21H16F3N3O3S/c1-25-31(28,29)15-10-11-19(30-14-8-6-13(7-9-14)21(22,23)24)17(12-15)20-16-4-2-3-5-18(16)26-27-20/h2-12,25H,1H3,(H,26,27). The molecule has 0 saturated heterocycles. The molecule has 2 N–H and O–H groups in total. The predicted octanol–water partition coefficient (Wildman–Crippen LogP) is 4.95. The van der Waals surface area contributed by atoms with Crippen molar-refractivity contribution in [2.24, 2.45) is 0 Å². The van der Waals surface area contributed by atoms with Crippen LogP contribution < -0.4 is 9.46 Å². The third kappa shape index (κ3) is 4.12. The minimum atomic E-state index is -4.46. The van der Waals surface area contributed by atoms with Crippen LogP contribution in [0.1, 0.15) is 5.56 Å². The SMILES string of the molecule is CNS(=O)(=O)c1ccc(Oc2ccc(C(F)(F)F)cc2)c(-c2n[nH]c3ccccc23)c1. The monoisotopic (exact) mass is 447 g/mol. The van der Waals surface area contributed by atoms with E-state index >= 15 is 0 Å². The molecular formula is C21H16F3N3O3S.